The number of hydrogen-bond acceptors (Lipinski definition) is 6. The van der Waals surface area contributed by atoms with Crippen LogP contribution in [-0.4, -0.2) is 45.1 Å². The van der Waals surface area contributed by atoms with Gasteiger partial charge >= 0.3 is 13.2 Å². The van der Waals surface area contributed by atoms with E-state index in [1.54, 1.807) is 54.5 Å². The van der Waals surface area contributed by atoms with Crippen molar-refractivity contribution in [1.82, 2.24) is 4.98 Å². The van der Waals surface area contributed by atoms with Gasteiger partial charge in [-0.3, -0.25) is 5.32 Å². The van der Waals surface area contributed by atoms with Crippen molar-refractivity contribution >= 4 is 24.5 Å². The van der Waals surface area contributed by atoms with Crippen LogP contribution in [0.15, 0.2) is 18.3 Å². The molecule has 0 radical (unpaired) electrons. The van der Waals surface area contributed by atoms with Gasteiger partial charge in [-0.25, -0.2) is 9.78 Å². The van der Waals surface area contributed by atoms with Crippen LogP contribution in [-0.2, 0) is 9.39 Å². The van der Waals surface area contributed by atoms with E-state index < -0.39 is 30.0 Å². The van der Waals surface area contributed by atoms with Crippen LogP contribution in [0.4, 0.5) is 10.6 Å². The van der Waals surface area contributed by atoms with E-state index in [1.807, 2.05) is 0 Å². The molecule has 0 saturated carbocycles. The number of rotatable bonds is 5. The molecule has 0 unspecified atom stereocenters. The Balaban J connectivity index is 2.72. The first-order chi connectivity index (χ1) is 10.7. The standard InChI is InChI=1S/C16H27BN2O5/c1-14(2,3)23-13(20)19-12-9-8-11(10-18-12)17(22)24-16(6,7)15(4,5)21/h8-10,21-22H,1-7H3,(H,18,19,20). The van der Waals surface area contributed by atoms with Crippen molar-refractivity contribution in [2.75, 3.05) is 5.32 Å². The molecule has 1 aromatic rings. The Hall–Kier alpha value is -1.64. The lowest BCUT2D eigenvalue weighted by atomic mass is 9.77. The van der Waals surface area contributed by atoms with E-state index in [9.17, 15) is 14.9 Å². The topological polar surface area (TPSA) is 101 Å². The lowest BCUT2D eigenvalue weighted by molar-refractivity contribution is -0.0982. The first kappa shape index (κ1) is 20.4. The number of aliphatic hydroxyl groups is 1. The van der Waals surface area contributed by atoms with E-state index >= 15 is 0 Å². The molecule has 3 N–H and O–H groups in total. The number of anilines is 1. The van der Waals surface area contributed by atoms with E-state index in [0.717, 1.165) is 0 Å². The predicted octanol–water partition coefficient (Wildman–Crippen LogP) is 1.68. The molecule has 0 bridgehead atoms. The van der Waals surface area contributed by atoms with E-state index in [0.29, 0.717) is 11.3 Å². The summed E-state index contributed by atoms with van der Waals surface area (Å²) in [6.45, 7) is 11.9. The molecule has 7 nitrogen and oxygen atoms in total. The number of nitrogens with zero attached hydrogens (tertiary/aromatic N) is 1. The van der Waals surface area contributed by atoms with Crippen molar-refractivity contribution in [3.8, 4) is 0 Å². The van der Waals surface area contributed by atoms with Crippen molar-refractivity contribution in [2.24, 2.45) is 0 Å². The summed E-state index contributed by atoms with van der Waals surface area (Å²) < 4.78 is 10.7. The smallest absolute Gasteiger partial charge is 0.444 e. The number of hydrogen-bond donors (Lipinski definition) is 3. The van der Waals surface area contributed by atoms with Gasteiger partial charge in [0, 0.05) is 11.7 Å². The first-order valence-corrected chi connectivity index (χ1v) is 7.75. The van der Waals surface area contributed by atoms with Gasteiger partial charge < -0.3 is 19.5 Å². The Kier molecular flexibility index (Phi) is 6.02. The molecule has 1 amide bonds. The number of pyridine rings is 1. The zero-order valence-electron chi connectivity index (χ0n) is 15.4. The molecule has 0 aromatic carbocycles. The zero-order valence-corrected chi connectivity index (χ0v) is 15.4. The van der Waals surface area contributed by atoms with Crippen LogP contribution in [0.3, 0.4) is 0 Å². The number of carbonyl (C=O) groups is 1. The fourth-order valence-corrected chi connectivity index (χ4v) is 1.52. The number of aromatic nitrogens is 1. The molecule has 1 aromatic heterocycles. The number of amides is 1. The molecule has 1 heterocycles. The van der Waals surface area contributed by atoms with Crippen LogP contribution < -0.4 is 10.8 Å². The summed E-state index contributed by atoms with van der Waals surface area (Å²) in [7, 11) is -1.26. The quantitative estimate of drug-likeness (QED) is 0.706. The summed E-state index contributed by atoms with van der Waals surface area (Å²) >= 11 is 0. The second-order valence-electron chi connectivity index (χ2n) is 7.64. The number of nitrogens with one attached hydrogen (secondary N) is 1. The van der Waals surface area contributed by atoms with Gasteiger partial charge in [0.15, 0.2) is 0 Å². The lowest BCUT2D eigenvalue weighted by Crippen LogP contribution is -2.53. The second-order valence-corrected chi connectivity index (χ2v) is 7.64. The monoisotopic (exact) mass is 338 g/mol. The zero-order chi connectivity index (χ0) is 18.8. The van der Waals surface area contributed by atoms with Crippen LogP contribution >= 0.6 is 0 Å². The van der Waals surface area contributed by atoms with Crippen LogP contribution in [0.25, 0.3) is 0 Å². The highest BCUT2D eigenvalue weighted by atomic mass is 16.6. The van der Waals surface area contributed by atoms with Crippen molar-refractivity contribution in [3.63, 3.8) is 0 Å². The Morgan fingerprint density at radius 1 is 1.17 bits per heavy atom. The molecule has 8 heteroatoms. The van der Waals surface area contributed by atoms with Crippen LogP contribution in [0.2, 0.25) is 0 Å². The molecule has 0 aliphatic carbocycles. The summed E-state index contributed by atoms with van der Waals surface area (Å²) in [6, 6.07) is 3.10. The van der Waals surface area contributed by atoms with Crippen LogP contribution in [0, 0.1) is 0 Å². The minimum absolute atomic E-state index is 0.293. The third kappa shape index (κ3) is 6.11. The molecular formula is C16H27BN2O5. The fourth-order valence-electron chi connectivity index (χ4n) is 1.52. The lowest BCUT2D eigenvalue weighted by Gasteiger charge is -2.38. The maximum Gasteiger partial charge on any atom is 0.493 e. The molecule has 1 rings (SSSR count). The van der Waals surface area contributed by atoms with Crippen LogP contribution in [0.1, 0.15) is 48.5 Å². The van der Waals surface area contributed by atoms with Crippen LogP contribution in [0.5, 0.6) is 0 Å². The molecule has 24 heavy (non-hydrogen) atoms. The highest BCUT2D eigenvalue weighted by Crippen LogP contribution is 2.25. The summed E-state index contributed by atoms with van der Waals surface area (Å²) in [5.74, 6) is 0.293. The molecule has 0 aliphatic rings. The molecule has 0 aliphatic heterocycles. The Morgan fingerprint density at radius 3 is 2.17 bits per heavy atom. The number of ether oxygens (including phenoxy) is 1. The van der Waals surface area contributed by atoms with Gasteiger partial charge in [0.1, 0.15) is 11.4 Å². The number of carbonyl (C=O) groups excluding carboxylic acids is 1. The fraction of sp³-hybridized carbons (Fsp3) is 0.625. The molecule has 134 valence electrons. The van der Waals surface area contributed by atoms with E-state index in [1.165, 1.54) is 12.3 Å². The van der Waals surface area contributed by atoms with E-state index in [2.05, 4.69) is 10.3 Å². The molecular weight excluding hydrogens is 311 g/mol. The van der Waals surface area contributed by atoms with E-state index in [4.69, 9.17) is 9.39 Å². The Bertz CT molecular complexity index is 561. The van der Waals surface area contributed by atoms with Crippen molar-refractivity contribution in [2.45, 2.75) is 65.3 Å². The second kappa shape index (κ2) is 7.08. The summed E-state index contributed by atoms with van der Waals surface area (Å²) in [5, 5.41) is 22.7. The first-order valence-electron chi connectivity index (χ1n) is 7.75. The molecule has 0 atom stereocenters. The van der Waals surface area contributed by atoms with Gasteiger partial charge in [0.25, 0.3) is 0 Å². The highest BCUT2D eigenvalue weighted by Gasteiger charge is 2.39. The van der Waals surface area contributed by atoms with Crippen molar-refractivity contribution < 1.29 is 24.3 Å². The van der Waals surface area contributed by atoms with E-state index in [-0.39, 0.29) is 0 Å². The molecule has 0 saturated heterocycles. The third-order valence-electron chi connectivity index (χ3n) is 3.58. The van der Waals surface area contributed by atoms with Gasteiger partial charge in [-0.1, -0.05) is 6.07 Å². The largest absolute Gasteiger partial charge is 0.493 e. The summed E-state index contributed by atoms with van der Waals surface area (Å²) in [6.07, 6.45) is 0.778. The van der Waals surface area contributed by atoms with Crippen molar-refractivity contribution in [3.05, 3.63) is 18.3 Å². The molecule has 0 fully saturated rings. The summed E-state index contributed by atoms with van der Waals surface area (Å²) in [5.41, 5.74) is -2.31. The van der Waals surface area contributed by atoms with Gasteiger partial charge in [0.2, 0.25) is 0 Å². The SMILES string of the molecule is CC(C)(C)OC(=O)Nc1ccc(B(O)OC(C)(C)C(C)(C)O)cn1. The van der Waals surface area contributed by atoms with Gasteiger partial charge in [-0.2, -0.15) is 0 Å². The predicted molar refractivity (Wildman–Crippen MR) is 93.2 cm³/mol. The van der Waals surface area contributed by atoms with Gasteiger partial charge in [-0.05, 0) is 54.5 Å². The maximum absolute atomic E-state index is 11.7. The average Bonchev–Trinajstić information content (AvgIpc) is 2.35. The Morgan fingerprint density at radius 2 is 1.75 bits per heavy atom. The summed E-state index contributed by atoms with van der Waals surface area (Å²) in [4.78, 5) is 15.7. The normalized spacial score (nSPS) is 12.7. The highest BCUT2D eigenvalue weighted by molar-refractivity contribution is 6.60. The minimum atomic E-state index is -1.26. The Labute approximate surface area is 143 Å². The van der Waals surface area contributed by atoms with Gasteiger partial charge in [0.05, 0.1) is 11.2 Å². The maximum atomic E-state index is 11.7. The average molecular weight is 338 g/mol. The molecule has 0 spiro atoms. The minimum Gasteiger partial charge on any atom is -0.444 e. The van der Waals surface area contributed by atoms with Crippen molar-refractivity contribution in [1.29, 1.82) is 0 Å². The third-order valence-corrected chi connectivity index (χ3v) is 3.58. The van der Waals surface area contributed by atoms with Gasteiger partial charge in [-0.15, -0.1) is 0 Å².